The van der Waals surface area contributed by atoms with Crippen molar-refractivity contribution >= 4 is 11.9 Å². The van der Waals surface area contributed by atoms with E-state index in [1.165, 1.54) is 30.3 Å². The van der Waals surface area contributed by atoms with Crippen LogP contribution in [0.2, 0.25) is 0 Å². The van der Waals surface area contributed by atoms with Gasteiger partial charge >= 0.3 is 0 Å². The Balaban J connectivity index is 2.26. The summed E-state index contributed by atoms with van der Waals surface area (Å²) in [5.41, 5.74) is 8.64. The van der Waals surface area contributed by atoms with Crippen LogP contribution in [0.25, 0.3) is 22.4 Å². The van der Waals surface area contributed by atoms with Crippen molar-refractivity contribution in [2.24, 2.45) is 5.84 Å². The fourth-order valence-corrected chi connectivity index (χ4v) is 2.76. The summed E-state index contributed by atoms with van der Waals surface area (Å²) < 4.78 is 45.5. The topological polar surface area (TPSA) is 129 Å². The van der Waals surface area contributed by atoms with E-state index < -0.39 is 30.5 Å². The molecule has 2 aromatic heterocycles. The number of aryl methyl sites for hydroxylation is 1. The maximum Gasteiger partial charge on any atom is 0.280 e. The van der Waals surface area contributed by atoms with E-state index in [4.69, 9.17) is 16.3 Å². The fourth-order valence-electron chi connectivity index (χ4n) is 2.76. The van der Waals surface area contributed by atoms with Gasteiger partial charge in [0, 0.05) is 11.3 Å². The molecule has 1 aromatic carbocycles. The molecule has 0 spiro atoms. The van der Waals surface area contributed by atoms with Crippen LogP contribution in [0, 0.1) is 12.7 Å². The molecule has 0 aliphatic carbocycles. The minimum atomic E-state index is -2.82. The smallest absolute Gasteiger partial charge is 0.280 e. The van der Waals surface area contributed by atoms with Crippen LogP contribution in [0.15, 0.2) is 36.4 Å². The number of ether oxygens (including phenoxy) is 1. The highest BCUT2D eigenvalue weighted by molar-refractivity contribution is 5.85. The van der Waals surface area contributed by atoms with Gasteiger partial charge in [0.25, 0.3) is 12.3 Å². The Hall–Kier alpha value is -3.73. The summed E-state index contributed by atoms with van der Waals surface area (Å²) in [4.78, 5) is 23.5. The van der Waals surface area contributed by atoms with Crippen LogP contribution in [0.1, 0.15) is 17.8 Å². The van der Waals surface area contributed by atoms with E-state index in [-0.39, 0.29) is 28.6 Å². The van der Waals surface area contributed by atoms with Gasteiger partial charge in [0.15, 0.2) is 6.61 Å². The quantitative estimate of drug-likeness (QED) is 0.319. The number of halogens is 3. The first-order valence-electron chi connectivity index (χ1n) is 8.61. The number of alkyl halides is 2. The first-order chi connectivity index (χ1) is 14.3. The molecular formula is C19H17F3N6O2. The number of nitrogens with two attached hydrogens (primary N) is 2. The number of hydrazine groups is 1. The molecule has 156 valence electrons. The van der Waals surface area contributed by atoms with Crippen molar-refractivity contribution in [1.29, 1.82) is 0 Å². The van der Waals surface area contributed by atoms with Gasteiger partial charge in [-0.25, -0.2) is 24.0 Å². The van der Waals surface area contributed by atoms with E-state index in [1.54, 1.807) is 6.92 Å². The molecule has 0 saturated carbocycles. The van der Waals surface area contributed by atoms with Gasteiger partial charge in [-0.05, 0) is 48.9 Å². The van der Waals surface area contributed by atoms with E-state index in [0.717, 1.165) is 6.07 Å². The third-order valence-corrected chi connectivity index (χ3v) is 4.00. The molecule has 30 heavy (non-hydrogen) atoms. The first kappa shape index (κ1) is 21.0. The molecule has 3 aromatic rings. The second-order valence-electron chi connectivity index (χ2n) is 6.20. The van der Waals surface area contributed by atoms with Gasteiger partial charge in [0.05, 0.1) is 11.3 Å². The number of nitrogen functional groups attached to an aromatic ring is 1. The number of benzene rings is 1. The van der Waals surface area contributed by atoms with Gasteiger partial charge in [-0.1, -0.05) is 0 Å². The number of carbonyl (C=O) groups excluding carboxylic acids is 1. The van der Waals surface area contributed by atoms with Crippen molar-refractivity contribution in [3.8, 4) is 28.3 Å². The fraction of sp³-hybridized carbons (Fsp3) is 0.158. The highest BCUT2D eigenvalue weighted by Crippen LogP contribution is 2.39. The zero-order valence-electron chi connectivity index (χ0n) is 15.7. The number of rotatable bonds is 6. The number of anilines is 1. The summed E-state index contributed by atoms with van der Waals surface area (Å²) in [6.07, 6.45) is -2.82. The summed E-state index contributed by atoms with van der Waals surface area (Å²) in [6.45, 7) is 1.04. The van der Waals surface area contributed by atoms with Gasteiger partial charge in [0.1, 0.15) is 11.5 Å². The molecule has 8 nitrogen and oxygen atoms in total. The summed E-state index contributed by atoms with van der Waals surface area (Å²) in [7, 11) is 0. The van der Waals surface area contributed by atoms with E-state index in [0.29, 0.717) is 11.3 Å². The minimum absolute atomic E-state index is 0.128. The number of nitrogens with one attached hydrogen (secondary N) is 1. The molecule has 0 fully saturated rings. The maximum absolute atomic E-state index is 13.4. The first-order valence-corrected chi connectivity index (χ1v) is 8.61. The lowest BCUT2D eigenvalue weighted by Gasteiger charge is -2.16. The van der Waals surface area contributed by atoms with Gasteiger partial charge in [-0.2, -0.15) is 4.98 Å². The number of pyridine rings is 1. The average Bonchev–Trinajstić information content (AvgIpc) is 2.71. The van der Waals surface area contributed by atoms with Crippen LogP contribution in [0.4, 0.5) is 19.1 Å². The Labute approximate surface area is 169 Å². The monoisotopic (exact) mass is 418 g/mol. The van der Waals surface area contributed by atoms with Gasteiger partial charge < -0.3 is 10.5 Å². The van der Waals surface area contributed by atoms with Crippen LogP contribution in [0.5, 0.6) is 5.88 Å². The van der Waals surface area contributed by atoms with Crippen molar-refractivity contribution in [2.45, 2.75) is 13.3 Å². The standard InChI is InChI=1S/C19H17F3N6O2/c1-9-6-11(7-13(25-9)17(21)22)15-16(10-2-4-12(20)5-3-10)26-19(23)27-18(15)30-8-14(29)28-24/h2-7,17H,8,24H2,1H3,(H,28,29)(H2,23,26,27). The number of carbonyl (C=O) groups is 1. The highest BCUT2D eigenvalue weighted by atomic mass is 19.3. The Morgan fingerprint density at radius 3 is 2.47 bits per heavy atom. The molecule has 0 radical (unpaired) electrons. The van der Waals surface area contributed by atoms with Crippen molar-refractivity contribution in [2.75, 3.05) is 12.3 Å². The number of aromatic nitrogens is 3. The second kappa shape index (κ2) is 8.74. The summed E-state index contributed by atoms with van der Waals surface area (Å²) in [5.74, 6) is 3.61. The summed E-state index contributed by atoms with van der Waals surface area (Å²) in [6, 6.07) is 8.00. The summed E-state index contributed by atoms with van der Waals surface area (Å²) in [5, 5.41) is 0. The van der Waals surface area contributed by atoms with Gasteiger partial charge in [-0.15, -0.1) is 0 Å². The molecule has 1 amide bonds. The van der Waals surface area contributed by atoms with Crippen LogP contribution in [0.3, 0.4) is 0 Å². The van der Waals surface area contributed by atoms with E-state index in [2.05, 4.69) is 15.0 Å². The molecule has 11 heteroatoms. The Morgan fingerprint density at radius 1 is 1.13 bits per heavy atom. The largest absolute Gasteiger partial charge is 0.467 e. The second-order valence-corrected chi connectivity index (χ2v) is 6.20. The molecule has 5 N–H and O–H groups in total. The lowest BCUT2D eigenvalue weighted by atomic mass is 9.99. The van der Waals surface area contributed by atoms with E-state index >= 15 is 0 Å². The third kappa shape index (κ3) is 4.63. The molecule has 0 aliphatic rings. The van der Waals surface area contributed by atoms with Gasteiger partial charge in [-0.3, -0.25) is 15.2 Å². The zero-order valence-corrected chi connectivity index (χ0v) is 15.7. The summed E-state index contributed by atoms with van der Waals surface area (Å²) >= 11 is 0. The van der Waals surface area contributed by atoms with E-state index in [9.17, 15) is 18.0 Å². The molecule has 3 rings (SSSR count). The zero-order chi connectivity index (χ0) is 21.8. The molecule has 0 bridgehead atoms. The lowest BCUT2D eigenvalue weighted by molar-refractivity contribution is -0.123. The number of hydrogen-bond acceptors (Lipinski definition) is 7. The Kier molecular flexibility index (Phi) is 6.11. The maximum atomic E-state index is 13.4. The predicted molar refractivity (Wildman–Crippen MR) is 103 cm³/mol. The molecule has 0 atom stereocenters. The SMILES string of the molecule is Cc1cc(-c2c(OCC(=O)NN)nc(N)nc2-c2ccc(F)cc2)cc(C(F)F)n1. The lowest BCUT2D eigenvalue weighted by Crippen LogP contribution is -2.34. The Morgan fingerprint density at radius 2 is 1.83 bits per heavy atom. The Bertz CT molecular complexity index is 1080. The highest BCUT2D eigenvalue weighted by Gasteiger charge is 2.22. The molecule has 0 unspecified atom stereocenters. The van der Waals surface area contributed by atoms with Crippen molar-refractivity contribution in [3.63, 3.8) is 0 Å². The number of amides is 1. The predicted octanol–water partition coefficient (Wildman–Crippen LogP) is 2.54. The molecular weight excluding hydrogens is 401 g/mol. The molecule has 0 saturated heterocycles. The van der Waals surface area contributed by atoms with Crippen molar-refractivity contribution in [1.82, 2.24) is 20.4 Å². The van der Waals surface area contributed by atoms with Crippen molar-refractivity contribution in [3.05, 3.63) is 53.6 Å². The van der Waals surface area contributed by atoms with E-state index in [1.807, 2.05) is 5.43 Å². The number of nitrogens with zero attached hydrogens (tertiary/aromatic N) is 3. The van der Waals surface area contributed by atoms with Crippen LogP contribution in [-0.2, 0) is 4.79 Å². The molecule has 2 heterocycles. The normalized spacial score (nSPS) is 10.9. The van der Waals surface area contributed by atoms with Crippen LogP contribution >= 0.6 is 0 Å². The van der Waals surface area contributed by atoms with Crippen LogP contribution < -0.4 is 21.7 Å². The minimum Gasteiger partial charge on any atom is -0.467 e. The average molecular weight is 418 g/mol. The van der Waals surface area contributed by atoms with Gasteiger partial charge in [0.2, 0.25) is 11.8 Å². The number of hydrogen-bond donors (Lipinski definition) is 3. The van der Waals surface area contributed by atoms with Crippen LogP contribution in [-0.4, -0.2) is 27.5 Å². The molecule has 0 aliphatic heterocycles. The van der Waals surface area contributed by atoms with Crippen molar-refractivity contribution < 1.29 is 22.7 Å². The third-order valence-electron chi connectivity index (χ3n) is 4.00.